The first-order valence-corrected chi connectivity index (χ1v) is 9.38. The molecule has 0 aromatic heterocycles. The highest BCUT2D eigenvalue weighted by atomic mass is 16.5. The lowest BCUT2D eigenvalue weighted by Gasteiger charge is -2.24. The van der Waals surface area contributed by atoms with Gasteiger partial charge in [-0.05, 0) is 32.7 Å². The summed E-state index contributed by atoms with van der Waals surface area (Å²) in [5, 5.41) is 3.37. The van der Waals surface area contributed by atoms with Crippen LogP contribution in [0, 0.1) is 11.8 Å². The fourth-order valence-corrected chi connectivity index (χ4v) is 3.87. The summed E-state index contributed by atoms with van der Waals surface area (Å²) in [5.41, 5.74) is 0. The van der Waals surface area contributed by atoms with Crippen LogP contribution in [-0.4, -0.2) is 74.7 Å². The number of nitrogens with zero attached hydrogens (tertiary/aromatic N) is 3. The van der Waals surface area contributed by atoms with E-state index < -0.39 is 0 Å². The highest BCUT2D eigenvalue weighted by Gasteiger charge is 2.36. The predicted octanol–water partition coefficient (Wildman–Crippen LogP) is 1.57. The molecule has 2 aliphatic rings. The van der Waals surface area contributed by atoms with Crippen LogP contribution in [0.1, 0.15) is 39.5 Å². The largest absolute Gasteiger partial charge is 0.469 e. The van der Waals surface area contributed by atoms with Crippen molar-refractivity contribution < 1.29 is 9.53 Å². The molecule has 1 saturated heterocycles. The number of nitrogens with one attached hydrogen (secondary N) is 1. The predicted molar refractivity (Wildman–Crippen MR) is 97.1 cm³/mol. The molecule has 138 valence electrons. The Kier molecular flexibility index (Phi) is 7.34. The molecule has 0 bridgehead atoms. The fraction of sp³-hybridized carbons (Fsp3) is 0.889. The standard InChI is InChI=1S/C18H34N4O2/c1-5-19-18(20-10-11-21(3)15-8-6-7-9-15)22-12-14(2)16(13-22)17(23)24-4/h14-16H,5-13H2,1-4H3,(H,19,20). The Hall–Kier alpha value is -1.30. The van der Waals surface area contributed by atoms with Gasteiger partial charge >= 0.3 is 5.97 Å². The molecule has 0 radical (unpaired) electrons. The summed E-state index contributed by atoms with van der Waals surface area (Å²) in [7, 11) is 3.68. The van der Waals surface area contributed by atoms with Crippen molar-refractivity contribution in [1.29, 1.82) is 0 Å². The summed E-state index contributed by atoms with van der Waals surface area (Å²) >= 11 is 0. The third-order valence-electron chi connectivity index (χ3n) is 5.41. The molecule has 6 heteroatoms. The van der Waals surface area contributed by atoms with Crippen LogP contribution in [0.25, 0.3) is 0 Å². The van der Waals surface area contributed by atoms with E-state index in [0.717, 1.165) is 38.2 Å². The molecule has 2 rings (SSSR count). The van der Waals surface area contributed by atoms with Crippen LogP contribution in [0.2, 0.25) is 0 Å². The van der Waals surface area contributed by atoms with Crippen molar-refractivity contribution in [3.05, 3.63) is 0 Å². The number of hydrogen-bond donors (Lipinski definition) is 1. The quantitative estimate of drug-likeness (QED) is 0.453. The number of likely N-dealkylation sites (N-methyl/N-ethyl adjacent to an activating group) is 1. The molecule has 6 nitrogen and oxygen atoms in total. The minimum atomic E-state index is -0.109. The van der Waals surface area contributed by atoms with Crippen LogP contribution in [0.5, 0.6) is 0 Å². The van der Waals surface area contributed by atoms with E-state index in [1.54, 1.807) is 0 Å². The maximum absolute atomic E-state index is 11.9. The molecule has 2 fully saturated rings. The van der Waals surface area contributed by atoms with Crippen molar-refractivity contribution in [3.63, 3.8) is 0 Å². The molecule has 1 N–H and O–H groups in total. The number of carbonyl (C=O) groups excluding carboxylic acids is 1. The zero-order valence-corrected chi connectivity index (χ0v) is 15.8. The second kappa shape index (κ2) is 9.25. The molecule has 1 aliphatic carbocycles. The number of esters is 1. The maximum atomic E-state index is 11.9. The van der Waals surface area contributed by atoms with Crippen molar-refractivity contribution in [2.24, 2.45) is 16.8 Å². The van der Waals surface area contributed by atoms with Gasteiger partial charge in [0.05, 0.1) is 19.6 Å². The number of aliphatic imine (C=N–C) groups is 1. The lowest BCUT2D eigenvalue weighted by Crippen LogP contribution is -2.41. The molecule has 1 saturated carbocycles. The van der Waals surface area contributed by atoms with Crippen LogP contribution in [0.3, 0.4) is 0 Å². The summed E-state index contributed by atoms with van der Waals surface area (Å²) in [5.74, 6) is 1.06. The van der Waals surface area contributed by atoms with Gasteiger partial charge in [-0.1, -0.05) is 19.8 Å². The van der Waals surface area contributed by atoms with Crippen LogP contribution >= 0.6 is 0 Å². The Balaban J connectivity index is 1.89. The average molecular weight is 338 g/mol. The Morgan fingerprint density at radius 3 is 2.67 bits per heavy atom. The van der Waals surface area contributed by atoms with E-state index in [4.69, 9.17) is 9.73 Å². The van der Waals surface area contributed by atoms with Crippen LogP contribution < -0.4 is 5.32 Å². The normalized spacial score (nSPS) is 25.5. The SMILES string of the molecule is CCNC(=NCCN(C)C1CCCC1)N1CC(C)C(C(=O)OC)C1. The molecule has 0 spiro atoms. The Morgan fingerprint density at radius 1 is 1.33 bits per heavy atom. The van der Waals surface area contributed by atoms with Gasteiger partial charge in [-0.2, -0.15) is 0 Å². The van der Waals surface area contributed by atoms with E-state index in [1.165, 1.54) is 32.8 Å². The molecule has 1 aliphatic heterocycles. The summed E-state index contributed by atoms with van der Waals surface area (Å²) in [6, 6.07) is 0.735. The first-order chi connectivity index (χ1) is 11.6. The van der Waals surface area contributed by atoms with Gasteiger partial charge in [-0.3, -0.25) is 9.79 Å². The zero-order chi connectivity index (χ0) is 17.5. The number of rotatable bonds is 6. The van der Waals surface area contributed by atoms with Gasteiger partial charge < -0.3 is 19.9 Å². The van der Waals surface area contributed by atoms with Crippen molar-refractivity contribution in [3.8, 4) is 0 Å². The van der Waals surface area contributed by atoms with Crippen molar-refractivity contribution in [2.45, 2.75) is 45.6 Å². The van der Waals surface area contributed by atoms with E-state index in [9.17, 15) is 4.79 Å². The van der Waals surface area contributed by atoms with E-state index >= 15 is 0 Å². The number of ether oxygens (including phenoxy) is 1. The van der Waals surface area contributed by atoms with Crippen LogP contribution in [-0.2, 0) is 9.53 Å². The first-order valence-electron chi connectivity index (χ1n) is 9.38. The Morgan fingerprint density at radius 2 is 2.04 bits per heavy atom. The summed E-state index contributed by atoms with van der Waals surface area (Å²) in [6.45, 7) is 8.36. The number of methoxy groups -OCH3 is 1. The second-order valence-corrected chi connectivity index (χ2v) is 7.17. The number of carbonyl (C=O) groups is 1. The van der Waals surface area contributed by atoms with Crippen molar-refractivity contribution in [1.82, 2.24) is 15.1 Å². The highest BCUT2D eigenvalue weighted by Crippen LogP contribution is 2.24. The molecule has 2 atom stereocenters. The van der Waals surface area contributed by atoms with E-state index in [1.807, 2.05) is 0 Å². The summed E-state index contributed by atoms with van der Waals surface area (Å²) in [4.78, 5) is 21.3. The fourth-order valence-electron chi connectivity index (χ4n) is 3.87. The van der Waals surface area contributed by atoms with Gasteiger partial charge in [0.2, 0.25) is 0 Å². The van der Waals surface area contributed by atoms with Gasteiger partial charge in [0.1, 0.15) is 0 Å². The topological polar surface area (TPSA) is 57.2 Å². The van der Waals surface area contributed by atoms with Gasteiger partial charge in [-0.25, -0.2) is 0 Å². The van der Waals surface area contributed by atoms with Crippen LogP contribution in [0.15, 0.2) is 4.99 Å². The zero-order valence-electron chi connectivity index (χ0n) is 15.8. The lowest BCUT2D eigenvalue weighted by atomic mass is 9.99. The number of guanidine groups is 1. The van der Waals surface area contributed by atoms with Crippen LogP contribution in [0.4, 0.5) is 0 Å². The smallest absolute Gasteiger partial charge is 0.310 e. The number of hydrogen-bond acceptors (Lipinski definition) is 4. The maximum Gasteiger partial charge on any atom is 0.310 e. The van der Waals surface area contributed by atoms with Crippen molar-refractivity contribution >= 4 is 11.9 Å². The highest BCUT2D eigenvalue weighted by molar-refractivity contribution is 5.82. The monoisotopic (exact) mass is 338 g/mol. The number of likely N-dealkylation sites (tertiary alicyclic amines) is 1. The molecule has 0 aromatic carbocycles. The van der Waals surface area contributed by atoms with E-state index in [-0.39, 0.29) is 11.9 Å². The van der Waals surface area contributed by atoms with Gasteiger partial charge in [0, 0.05) is 32.2 Å². The van der Waals surface area contributed by atoms with Gasteiger partial charge in [-0.15, -0.1) is 0 Å². The van der Waals surface area contributed by atoms with E-state index in [2.05, 4.69) is 36.0 Å². The molecule has 2 unspecified atom stereocenters. The molecule has 0 amide bonds. The molecular formula is C18H34N4O2. The third-order valence-corrected chi connectivity index (χ3v) is 5.41. The lowest BCUT2D eigenvalue weighted by molar-refractivity contribution is -0.145. The average Bonchev–Trinajstić information content (AvgIpc) is 3.23. The molecule has 0 aromatic rings. The first kappa shape index (κ1) is 19.0. The summed E-state index contributed by atoms with van der Waals surface area (Å²) in [6.07, 6.45) is 5.37. The Bertz CT molecular complexity index is 435. The summed E-state index contributed by atoms with van der Waals surface area (Å²) < 4.78 is 4.93. The molecule has 24 heavy (non-hydrogen) atoms. The van der Waals surface area contributed by atoms with Gasteiger partial charge in [0.15, 0.2) is 5.96 Å². The van der Waals surface area contributed by atoms with E-state index in [0.29, 0.717) is 12.5 Å². The molecular weight excluding hydrogens is 304 g/mol. The molecule has 1 heterocycles. The minimum absolute atomic E-state index is 0.0555. The van der Waals surface area contributed by atoms with Gasteiger partial charge in [0.25, 0.3) is 0 Å². The second-order valence-electron chi connectivity index (χ2n) is 7.17. The minimum Gasteiger partial charge on any atom is -0.469 e. The third kappa shape index (κ3) is 4.85. The Labute approximate surface area is 146 Å². The van der Waals surface area contributed by atoms with Crippen molar-refractivity contribution in [2.75, 3.05) is 46.9 Å².